The summed E-state index contributed by atoms with van der Waals surface area (Å²) >= 11 is 0. The molecule has 0 spiro atoms. The van der Waals surface area contributed by atoms with Crippen LogP contribution < -0.4 is 11.1 Å². The van der Waals surface area contributed by atoms with Gasteiger partial charge < -0.3 is 27.1 Å². The van der Waals surface area contributed by atoms with Gasteiger partial charge in [0, 0.05) is 31.1 Å². The molecule has 3 unspecified atom stereocenters. The van der Waals surface area contributed by atoms with Crippen LogP contribution >= 0.6 is 0 Å². The van der Waals surface area contributed by atoms with Gasteiger partial charge in [0.05, 0.1) is 12.0 Å². The predicted molar refractivity (Wildman–Crippen MR) is 156 cm³/mol. The smallest absolute Gasteiger partial charge is 0.306 e. The first kappa shape index (κ1) is 49.2. The van der Waals surface area contributed by atoms with Crippen LogP contribution in [-0.4, -0.2) is 41.0 Å². The Morgan fingerprint density at radius 3 is 1.29 bits per heavy atom. The number of nitrogens with two attached hydrogens (primary N) is 1. The summed E-state index contributed by atoms with van der Waals surface area (Å²) in [4.78, 5) is 22.4. The van der Waals surface area contributed by atoms with Crippen molar-refractivity contribution in [2.75, 3.05) is 13.1 Å². The first-order chi connectivity index (χ1) is 16.0. The molecule has 9 heteroatoms. The molecule has 0 aromatic carbocycles. The minimum Gasteiger partial charge on any atom is -0.481 e. The van der Waals surface area contributed by atoms with Crippen LogP contribution in [0.3, 0.4) is 0 Å². The zero-order valence-corrected chi connectivity index (χ0v) is 26.4. The third-order valence-corrected chi connectivity index (χ3v) is 5.85. The average Bonchev–Trinajstić information content (AvgIpc) is 2.72. The molecule has 0 aromatic heterocycles. The molecular formula is C29H63N3NeO5. The number of carboxylic acid groups (broad SMARTS) is 1. The fraction of sp³-hybridized carbons (Fsp3) is 0.897. The molecule has 0 rings (SSSR count). The quantitative estimate of drug-likeness (QED) is 0.291. The molecule has 0 aliphatic heterocycles. The van der Waals surface area contributed by atoms with Crippen molar-refractivity contribution in [2.45, 2.75) is 102 Å². The zero-order valence-electron chi connectivity index (χ0n) is 26.4. The van der Waals surface area contributed by atoms with E-state index in [1.165, 1.54) is 0 Å². The summed E-state index contributed by atoms with van der Waals surface area (Å²) in [5.74, 6) is 2.53. The molecule has 1 amide bonds. The minimum atomic E-state index is -0.659. The summed E-state index contributed by atoms with van der Waals surface area (Å²) in [6.45, 7) is 26.1. The van der Waals surface area contributed by atoms with E-state index in [1.54, 1.807) is 0 Å². The number of carboxylic acids is 1. The second kappa shape index (κ2) is 28.2. The van der Waals surface area contributed by atoms with Gasteiger partial charge in [0.2, 0.25) is 5.91 Å². The number of amides is 1. The van der Waals surface area contributed by atoms with Gasteiger partial charge in [-0.3, -0.25) is 9.59 Å². The summed E-state index contributed by atoms with van der Waals surface area (Å²) in [7, 11) is 0. The van der Waals surface area contributed by atoms with Crippen LogP contribution in [-0.2, 0) is 9.59 Å². The van der Waals surface area contributed by atoms with Gasteiger partial charge in [0.25, 0.3) is 0 Å². The fourth-order valence-electron chi connectivity index (χ4n) is 3.66. The number of aliphatic carboxylic acids is 1. The molecule has 8 N–H and O–H groups in total. The Morgan fingerprint density at radius 2 is 1.11 bits per heavy atom. The Balaban J connectivity index is -0.0000000987. The number of hydrogen-bond donors (Lipinski definition) is 3. The number of carbonyl (C=O) groups excluding carboxylic acids is 1. The molecule has 0 aromatic rings. The van der Waals surface area contributed by atoms with Crippen molar-refractivity contribution in [1.82, 2.24) is 5.32 Å². The Kier molecular flexibility index (Phi) is 36.6. The van der Waals surface area contributed by atoms with Crippen molar-refractivity contribution in [3.63, 3.8) is 0 Å². The van der Waals surface area contributed by atoms with Crippen molar-refractivity contribution < 1.29 is 31.8 Å². The molecule has 0 saturated carbocycles. The monoisotopic (exact) mass is 553 g/mol. The summed E-state index contributed by atoms with van der Waals surface area (Å²) < 4.78 is 0. The summed E-state index contributed by atoms with van der Waals surface area (Å²) in [5, 5.41) is 20.3. The topological polar surface area (TPSA) is 179 Å². The van der Waals surface area contributed by atoms with E-state index in [-0.39, 0.29) is 46.7 Å². The van der Waals surface area contributed by atoms with Gasteiger partial charge in [-0.2, -0.15) is 5.26 Å². The van der Waals surface area contributed by atoms with Crippen molar-refractivity contribution in [3.8, 4) is 6.07 Å². The van der Waals surface area contributed by atoms with Crippen LogP contribution in [0.15, 0.2) is 0 Å². The van der Waals surface area contributed by atoms with Gasteiger partial charge in [-0.1, -0.05) is 83.1 Å². The Bertz CT molecular complexity index is 591. The van der Waals surface area contributed by atoms with Crippen LogP contribution in [0.5, 0.6) is 0 Å². The van der Waals surface area contributed by atoms with Crippen molar-refractivity contribution in [2.24, 2.45) is 59.0 Å². The number of nitrogens with one attached hydrogen (secondary N) is 1. The number of nitrogens with zero attached hydrogens (tertiary/aromatic N) is 1. The SMILES string of the molecule is CC(C)CC(C#N)C(C)C.CC(C)CC(C(=O)NCCN)C(C)C.CC(C)CC(C(=O)O)C(C)C.O.O.[Ne]. The third-order valence-electron chi connectivity index (χ3n) is 5.85. The van der Waals surface area contributed by atoms with Crippen LogP contribution in [0.25, 0.3) is 0 Å². The molecule has 0 bridgehead atoms. The van der Waals surface area contributed by atoms with Gasteiger partial charge in [-0.15, -0.1) is 0 Å². The van der Waals surface area contributed by atoms with E-state index >= 15 is 0 Å². The number of hydrogen-bond acceptors (Lipinski definition) is 4. The maximum Gasteiger partial charge on any atom is 0.306 e. The number of nitriles is 1. The van der Waals surface area contributed by atoms with Gasteiger partial charge in [-0.05, 0) is 54.8 Å². The molecule has 38 heavy (non-hydrogen) atoms. The van der Waals surface area contributed by atoms with Crippen molar-refractivity contribution >= 4 is 11.9 Å². The maximum absolute atomic E-state index is 11.7. The van der Waals surface area contributed by atoms with Crippen LogP contribution in [0.1, 0.15) is 102 Å². The fourth-order valence-corrected chi connectivity index (χ4v) is 3.66. The van der Waals surface area contributed by atoms with E-state index < -0.39 is 5.97 Å². The molecule has 0 aliphatic carbocycles. The zero-order chi connectivity index (χ0) is 28.3. The Morgan fingerprint density at radius 1 is 0.737 bits per heavy atom. The number of carbonyl (C=O) groups is 2. The molecular weight excluding hydrogens is 491 g/mol. The minimum absolute atomic E-state index is 0. The predicted octanol–water partition coefficient (Wildman–Crippen LogP) is 4.95. The summed E-state index contributed by atoms with van der Waals surface area (Å²) in [6.07, 6.45) is 2.77. The summed E-state index contributed by atoms with van der Waals surface area (Å²) in [6, 6.07) is 2.33. The molecule has 8 nitrogen and oxygen atoms in total. The van der Waals surface area contributed by atoms with Gasteiger partial charge in [0.15, 0.2) is 0 Å². The third kappa shape index (κ3) is 28.8. The van der Waals surface area contributed by atoms with Crippen molar-refractivity contribution in [3.05, 3.63) is 0 Å². The molecule has 0 saturated heterocycles. The Labute approximate surface area is 234 Å². The van der Waals surface area contributed by atoms with Gasteiger partial charge >= 0.3 is 5.97 Å². The molecule has 0 aliphatic rings. The van der Waals surface area contributed by atoms with E-state index in [0.717, 1.165) is 19.3 Å². The first-order valence-electron chi connectivity index (χ1n) is 13.6. The molecule has 0 fully saturated rings. The standard InChI is InChI=1S/C11H24N2O.C9H17N.C9H18O2.Ne.2H2O/c1-8(2)7-10(9(3)4)11(14)13-6-5-12;1-7(2)5-9(6-10)8(3)4;1-6(2)5-8(7(3)4)9(10)11;;;/h8-10H,5-7,12H2,1-4H3,(H,13,14);7-9H,5H2,1-4H3;6-8H,5H2,1-4H3,(H,10,11);;2*1H2. The second-order valence-electron chi connectivity index (χ2n) is 12.0. The van der Waals surface area contributed by atoms with Crippen LogP contribution in [0.4, 0.5) is 0 Å². The van der Waals surface area contributed by atoms with Crippen molar-refractivity contribution in [1.29, 1.82) is 5.26 Å². The summed E-state index contributed by atoms with van der Waals surface area (Å²) in [5.41, 5.74) is 5.34. The van der Waals surface area contributed by atoms with Gasteiger partial charge in [0.1, 0.15) is 0 Å². The molecule has 0 radical (unpaired) electrons. The van der Waals surface area contributed by atoms with E-state index in [9.17, 15) is 9.59 Å². The van der Waals surface area contributed by atoms with Crippen LogP contribution in [0, 0.1) is 70.7 Å². The van der Waals surface area contributed by atoms with Crippen LogP contribution in [0.2, 0.25) is 0 Å². The second-order valence-corrected chi connectivity index (χ2v) is 12.0. The molecule has 0 heterocycles. The van der Waals surface area contributed by atoms with E-state index in [2.05, 4.69) is 80.6 Å². The molecule has 3 atom stereocenters. The van der Waals surface area contributed by atoms with E-state index in [4.69, 9.17) is 16.1 Å². The molecule has 232 valence electrons. The first-order valence-corrected chi connectivity index (χ1v) is 13.6. The van der Waals surface area contributed by atoms with E-state index in [0.29, 0.717) is 42.7 Å². The normalized spacial score (nSPS) is 12.6. The van der Waals surface area contributed by atoms with E-state index in [1.807, 2.05) is 13.8 Å². The maximum atomic E-state index is 11.7. The Hall–Kier alpha value is -1.78. The largest absolute Gasteiger partial charge is 0.481 e. The number of rotatable bonds is 13. The average molecular weight is 554 g/mol. The van der Waals surface area contributed by atoms with Gasteiger partial charge in [-0.25, -0.2) is 0 Å².